The van der Waals surface area contributed by atoms with Crippen molar-refractivity contribution in [1.29, 1.82) is 0 Å². The standard InChI is InChI=1S/C16H22FNO3/c1-5-7-12-9-13(17)15(19)18(10-12)14(8-11(3)4)16(20)21-6-2/h5,9-11,14H,1,6-8H2,2-4H3. The number of carbonyl (C=O) groups excluding carboxylic acids is 1. The van der Waals surface area contributed by atoms with E-state index in [0.717, 1.165) is 4.57 Å². The van der Waals surface area contributed by atoms with Gasteiger partial charge in [-0.3, -0.25) is 9.36 Å². The Bertz CT molecular complexity index is 563. The fourth-order valence-corrected chi connectivity index (χ4v) is 2.14. The number of pyridine rings is 1. The number of allylic oxidation sites excluding steroid dienone is 1. The Morgan fingerprint density at radius 1 is 1.52 bits per heavy atom. The molecule has 0 N–H and O–H groups in total. The highest BCUT2D eigenvalue weighted by Crippen LogP contribution is 2.19. The van der Waals surface area contributed by atoms with Crippen LogP contribution in [0.1, 0.15) is 38.8 Å². The first-order valence-corrected chi connectivity index (χ1v) is 7.08. The van der Waals surface area contributed by atoms with E-state index < -0.39 is 23.4 Å². The van der Waals surface area contributed by atoms with Crippen molar-refractivity contribution in [3.05, 3.63) is 46.7 Å². The van der Waals surface area contributed by atoms with Gasteiger partial charge in [-0.15, -0.1) is 6.58 Å². The van der Waals surface area contributed by atoms with Gasteiger partial charge in [0.15, 0.2) is 5.82 Å². The van der Waals surface area contributed by atoms with Gasteiger partial charge in [0.05, 0.1) is 6.61 Å². The summed E-state index contributed by atoms with van der Waals surface area (Å²) in [7, 11) is 0. The third kappa shape index (κ3) is 4.55. The summed E-state index contributed by atoms with van der Waals surface area (Å²) in [4.78, 5) is 24.1. The van der Waals surface area contributed by atoms with Crippen molar-refractivity contribution in [2.75, 3.05) is 6.61 Å². The Balaban J connectivity index is 3.31. The summed E-state index contributed by atoms with van der Waals surface area (Å²) in [5.74, 6) is -1.21. The number of rotatable bonds is 7. The topological polar surface area (TPSA) is 48.3 Å². The van der Waals surface area contributed by atoms with Crippen LogP contribution >= 0.6 is 0 Å². The molecule has 0 aromatic carbocycles. The molecular formula is C16H22FNO3. The van der Waals surface area contributed by atoms with Crippen molar-refractivity contribution in [3.8, 4) is 0 Å². The normalized spacial score (nSPS) is 12.2. The second-order valence-electron chi connectivity index (χ2n) is 5.30. The molecule has 5 heteroatoms. The quantitative estimate of drug-likeness (QED) is 0.574. The summed E-state index contributed by atoms with van der Waals surface area (Å²) in [5, 5.41) is 0. The van der Waals surface area contributed by atoms with E-state index in [9.17, 15) is 14.0 Å². The zero-order valence-electron chi connectivity index (χ0n) is 12.8. The lowest BCUT2D eigenvalue weighted by atomic mass is 10.0. The zero-order chi connectivity index (χ0) is 16.0. The molecule has 0 aliphatic rings. The van der Waals surface area contributed by atoms with Crippen LogP contribution in [0, 0.1) is 11.7 Å². The zero-order valence-corrected chi connectivity index (χ0v) is 12.8. The minimum Gasteiger partial charge on any atom is -0.464 e. The van der Waals surface area contributed by atoms with Crippen LogP contribution in [0.3, 0.4) is 0 Å². The molecule has 1 aromatic heterocycles. The molecule has 1 rings (SSSR count). The molecule has 0 amide bonds. The molecule has 21 heavy (non-hydrogen) atoms. The minimum atomic E-state index is -0.868. The van der Waals surface area contributed by atoms with E-state index in [1.165, 1.54) is 12.3 Å². The van der Waals surface area contributed by atoms with Crippen LogP contribution in [0.25, 0.3) is 0 Å². The average molecular weight is 295 g/mol. The van der Waals surface area contributed by atoms with Crippen molar-refractivity contribution in [1.82, 2.24) is 4.57 Å². The molecule has 1 aromatic rings. The number of nitrogens with zero attached hydrogens (tertiary/aromatic N) is 1. The summed E-state index contributed by atoms with van der Waals surface area (Å²) >= 11 is 0. The lowest BCUT2D eigenvalue weighted by Crippen LogP contribution is -2.33. The van der Waals surface area contributed by atoms with E-state index in [-0.39, 0.29) is 12.5 Å². The van der Waals surface area contributed by atoms with Crippen molar-refractivity contribution < 1.29 is 13.9 Å². The van der Waals surface area contributed by atoms with Crippen LogP contribution in [0.15, 0.2) is 29.7 Å². The highest BCUT2D eigenvalue weighted by Gasteiger charge is 2.25. The maximum absolute atomic E-state index is 13.8. The summed E-state index contributed by atoms with van der Waals surface area (Å²) in [6, 6.07) is 0.370. The van der Waals surface area contributed by atoms with E-state index in [1.54, 1.807) is 13.0 Å². The predicted octanol–water partition coefficient (Wildman–Crippen LogP) is 2.87. The van der Waals surface area contributed by atoms with Crippen LogP contribution < -0.4 is 5.56 Å². The summed E-state index contributed by atoms with van der Waals surface area (Å²) in [6.45, 7) is 9.37. The number of ether oxygens (including phenoxy) is 1. The van der Waals surface area contributed by atoms with Gasteiger partial charge >= 0.3 is 5.97 Å². The number of halogens is 1. The SMILES string of the molecule is C=CCc1cc(F)c(=O)n(C(CC(C)C)C(=O)OCC)c1. The largest absolute Gasteiger partial charge is 0.464 e. The van der Waals surface area contributed by atoms with Crippen LogP contribution in [0.2, 0.25) is 0 Å². The first kappa shape index (κ1) is 17.1. The van der Waals surface area contributed by atoms with Gasteiger partial charge in [-0.05, 0) is 37.3 Å². The van der Waals surface area contributed by atoms with E-state index in [2.05, 4.69) is 6.58 Å². The molecular weight excluding hydrogens is 273 g/mol. The van der Waals surface area contributed by atoms with Crippen LogP contribution in [0.4, 0.5) is 4.39 Å². The molecule has 0 bridgehead atoms. The molecule has 116 valence electrons. The summed E-state index contributed by atoms with van der Waals surface area (Å²) < 4.78 is 19.9. The van der Waals surface area contributed by atoms with Gasteiger partial charge in [0.2, 0.25) is 0 Å². The lowest BCUT2D eigenvalue weighted by Gasteiger charge is -2.20. The second-order valence-corrected chi connectivity index (χ2v) is 5.30. The van der Waals surface area contributed by atoms with Gasteiger partial charge < -0.3 is 4.74 Å². The van der Waals surface area contributed by atoms with Crippen molar-refractivity contribution in [2.24, 2.45) is 5.92 Å². The highest BCUT2D eigenvalue weighted by molar-refractivity contribution is 5.74. The van der Waals surface area contributed by atoms with Gasteiger partial charge in [-0.25, -0.2) is 9.18 Å². The Hall–Kier alpha value is -1.91. The summed E-state index contributed by atoms with van der Waals surface area (Å²) in [6.07, 6.45) is 3.96. The van der Waals surface area contributed by atoms with Gasteiger partial charge in [0.1, 0.15) is 6.04 Å². The van der Waals surface area contributed by atoms with Gasteiger partial charge in [-0.1, -0.05) is 19.9 Å². The monoisotopic (exact) mass is 295 g/mol. The first-order chi connectivity index (χ1) is 9.90. The first-order valence-electron chi connectivity index (χ1n) is 7.08. The highest BCUT2D eigenvalue weighted by atomic mass is 19.1. The average Bonchev–Trinajstić information content (AvgIpc) is 2.40. The molecule has 4 nitrogen and oxygen atoms in total. The van der Waals surface area contributed by atoms with Crippen LogP contribution in [-0.2, 0) is 16.0 Å². The molecule has 1 atom stereocenters. The predicted molar refractivity (Wildman–Crippen MR) is 79.7 cm³/mol. The number of hydrogen-bond donors (Lipinski definition) is 0. The van der Waals surface area contributed by atoms with Crippen LogP contribution in [0.5, 0.6) is 0 Å². The Morgan fingerprint density at radius 2 is 2.19 bits per heavy atom. The van der Waals surface area contributed by atoms with Gasteiger partial charge in [-0.2, -0.15) is 0 Å². The van der Waals surface area contributed by atoms with Crippen LogP contribution in [-0.4, -0.2) is 17.1 Å². The van der Waals surface area contributed by atoms with Crippen molar-refractivity contribution in [3.63, 3.8) is 0 Å². The smallest absolute Gasteiger partial charge is 0.329 e. The maximum Gasteiger partial charge on any atom is 0.329 e. The molecule has 1 unspecified atom stereocenters. The molecule has 0 saturated heterocycles. The Labute approximate surface area is 124 Å². The lowest BCUT2D eigenvalue weighted by molar-refractivity contribution is -0.147. The molecule has 0 saturated carbocycles. The van der Waals surface area contributed by atoms with Crippen molar-refractivity contribution >= 4 is 5.97 Å². The second kappa shape index (κ2) is 7.76. The van der Waals surface area contributed by atoms with Crippen molar-refractivity contribution in [2.45, 2.75) is 39.7 Å². The van der Waals surface area contributed by atoms with E-state index in [1.807, 2.05) is 13.8 Å². The number of hydrogen-bond acceptors (Lipinski definition) is 3. The molecule has 0 aliphatic heterocycles. The fraction of sp³-hybridized carbons (Fsp3) is 0.500. The molecule has 0 aliphatic carbocycles. The molecule has 0 spiro atoms. The molecule has 1 heterocycles. The Morgan fingerprint density at radius 3 is 2.71 bits per heavy atom. The minimum absolute atomic E-state index is 0.164. The number of esters is 1. The van der Waals surface area contributed by atoms with E-state index in [0.29, 0.717) is 18.4 Å². The Kier molecular flexibility index (Phi) is 6.34. The molecule has 0 radical (unpaired) electrons. The number of carbonyl (C=O) groups is 1. The fourth-order valence-electron chi connectivity index (χ4n) is 2.14. The van der Waals surface area contributed by atoms with E-state index >= 15 is 0 Å². The van der Waals surface area contributed by atoms with Gasteiger partial charge in [0, 0.05) is 6.20 Å². The maximum atomic E-state index is 13.8. The summed E-state index contributed by atoms with van der Waals surface area (Å²) in [5.41, 5.74) is -0.207. The van der Waals surface area contributed by atoms with Gasteiger partial charge in [0.25, 0.3) is 5.56 Å². The third-order valence-corrected chi connectivity index (χ3v) is 3.03. The third-order valence-electron chi connectivity index (χ3n) is 3.03. The van der Waals surface area contributed by atoms with E-state index in [4.69, 9.17) is 4.74 Å². The number of aromatic nitrogens is 1. The molecule has 0 fully saturated rings.